The van der Waals surface area contributed by atoms with Crippen molar-refractivity contribution in [3.05, 3.63) is 18.2 Å². The fourth-order valence-corrected chi connectivity index (χ4v) is 2.00. The van der Waals surface area contributed by atoms with Crippen molar-refractivity contribution in [3.63, 3.8) is 0 Å². The first-order valence-corrected chi connectivity index (χ1v) is 5.53. The molecule has 1 unspecified atom stereocenters. The van der Waals surface area contributed by atoms with Crippen LogP contribution in [0, 0.1) is 5.92 Å². The molecular formula is C11H15N3O3. The predicted molar refractivity (Wildman–Crippen MR) is 59.0 cm³/mol. The summed E-state index contributed by atoms with van der Waals surface area (Å²) in [7, 11) is 1.85. The van der Waals surface area contributed by atoms with E-state index in [0.29, 0.717) is 25.9 Å². The van der Waals surface area contributed by atoms with Gasteiger partial charge in [-0.05, 0) is 6.42 Å². The van der Waals surface area contributed by atoms with Crippen molar-refractivity contribution in [1.29, 1.82) is 0 Å². The molecule has 2 heterocycles. The van der Waals surface area contributed by atoms with Gasteiger partial charge in [0.05, 0.1) is 24.5 Å². The van der Waals surface area contributed by atoms with Crippen LogP contribution in [0.5, 0.6) is 0 Å². The monoisotopic (exact) mass is 237 g/mol. The van der Waals surface area contributed by atoms with Crippen molar-refractivity contribution in [2.45, 2.75) is 19.4 Å². The van der Waals surface area contributed by atoms with Crippen LogP contribution in [-0.2, 0) is 23.2 Å². The molecule has 6 nitrogen and oxygen atoms in total. The molecule has 1 atom stereocenters. The Bertz CT molecular complexity index is 441. The number of likely N-dealkylation sites (tertiary alicyclic amines) is 1. The number of rotatable bonds is 3. The van der Waals surface area contributed by atoms with Crippen LogP contribution in [0.2, 0.25) is 0 Å². The summed E-state index contributed by atoms with van der Waals surface area (Å²) >= 11 is 0. The van der Waals surface area contributed by atoms with Crippen molar-refractivity contribution in [3.8, 4) is 0 Å². The van der Waals surface area contributed by atoms with Gasteiger partial charge < -0.3 is 14.6 Å². The van der Waals surface area contributed by atoms with Crippen LogP contribution in [0.15, 0.2) is 12.5 Å². The number of nitrogens with zero attached hydrogens (tertiary/aromatic N) is 3. The highest BCUT2D eigenvalue weighted by Gasteiger charge is 2.30. The molecule has 0 bridgehead atoms. The van der Waals surface area contributed by atoms with E-state index in [1.807, 2.05) is 11.6 Å². The highest BCUT2D eigenvalue weighted by atomic mass is 16.4. The van der Waals surface area contributed by atoms with E-state index < -0.39 is 11.9 Å². The number of carboxylic acid groups (broad SMARTS) is 1. The van der Waals surface area contributed by atoms with Gasteiger partial charge in [0.15, 0.2) is 0 Å². The zero-order valence-electron chi connectivity index (χ0n) is 9.67. The summed E-state index contributed by atoms with van der Waals surface area (Å²) in [5, 5.41) is 8.97. The average Bonchev–Trinajstić information content (AvgIpc) is 2.67. The van der Waals surface area contributed by atoms with Gasteiger partial charge >= 0.3 is 5.97 Å². The summed E-state index contributed by atoms with van der Waals surface area (Å²) in [5.74, 6) is -1.25. The maximum absolute atomic E-state index is 11.7. The molecule has 1 aliphatic heterocycles. The number of carbonyl (C=O) groups excluding carboxylic acids is 1. The van der Waals surface area contributed by atoms with E-state index >= 15 is 0 Å². The third-order valence-electron chi connectivity index (χ3n) is 3.12. The molecule has 1 fully saturated rings. The van der Waals surface area contributed by atoms with Gasteiger partial charge in [-0.3, -0.25) is 9.59 Å². The number of carboxylic acids is 1. The summed E-state index contributed by atoms with van der Waals surface area (Å²) in [4.78, 5) is 28.2. The van der Waals surface area contributed by atoms with Crippen molar-refractivity contribution >= 4 is 11.9 Å². The second kappa shape index (κ2) is 4.57. The largest absolute Gasteiger partial charge is 0.481 e. The molecule has 0 spiro atoms. The molecule has 0 aliphatic carbocycles. The number of piperidine rings is 1. The summed E-state index contributed by atoms with van der Waals surface area (Å²) in [6, 6.07) is 0. The summed E-state index contributed by atoms with van der Waals surface area (Å²) in [5.41, 5.74) is 0.907. The Morgan fingerprint density at radius 3 is 3.00 bits per heavy atom. The summed E-state index contributed by atoms with van der Waals surface area (Å²) in [6.45, 7) is 0.721. The Hall–Kier alpha value is -1.85. The number of aromatic nitrogens is 2. The minimum absolute atomic E-state index is 0.0173. The van der Waals surface area contributed by atoms with E-state index in [0.717, 1.165) is 5.69 Å². The molecule has 0 saturated carbocycles. The lowest BCUT2D eigenvalue weighted by molar-refractivity contribution is -0.147. The molecule has 0 radical (unpaired) electrons. The van der Waals surface area contributed by atoms with Crippen LogP contribution in [0.1, 0.15) is 18.5 Å². The number of imidazole rings is 1. The molecule has 6 heteroatoms. The third-order valence-corrected chi connectivity index (χ3v) is 3.12. The van der Waals surface area contributed by atoms with Crippen LogP contribution < -0.4 is 0 Å². The first-order chi connectivity index (χ1) is 8.08. The van der Waals surface area contributed by atoms with Crippen molar-refractivity contribution in [2.75, 3.05) is 6.54 Å². The summed E-state index contributed by atoms with van der Waals surface area (Å²) < 4.78 is 1.83. The van der Waals surface area contributed by atoms with Crippen molar-refractivity contribution in [2.24, 2.45) is 13.0 Å². The molecule has 1 saturated heterocycles. The predicted octanol–water partition coefficient (Wildman–Crippen LogP) is 0.243. The lowest BCUT2D eigenvalue weighted by Crippen LogP contribution is -2.42. The number of hydrogen-bond acceptors (Lipinski definition) is 3. The topological polar surface area (TPSA) is 75.4 Å². The Kier molecular flexibility index (Phi) is 3.12. The quantitative estimate of drug-likeness (QED) is 0.817. The average molecular weight is 237 g/mol. The lowest BCUT2D eigenvalue weighted by Gasteiger charge is -2.30. The van der Waals surface area contributed by atoms with Gasteiger partial charge in [-0.1, -0.05) is 0 Å². The van der Waals surface area contributed by atoms with Crippen LogP contribution in [-0.4, -0.2) is 38.0 Å². The molecule has 0 aromatic carbocycles. The molecule has 17 heavy (non-hydrogen) atoms. The zero-order valence-corrected chi connectivity index (χ0v) is 9.67. The fraction of sp³-hybridized carbons (Fsp3) is 0.545. The standard InChI is InChI=1S/C11H15N3O3/c1-13-7-12-4-9(13)6-14-5-8(11(16)17)2-3-10(14)15/h4,7-8H,2-3,5-6H2,1H3,(H,16,17). The molecule has 1 amide bonds. The molecule has 2 rings (SSSR count). The smallest absolute Gasteiger partial charge is 0.308 e. The van der Waals surface area contributed by atoms with E-state index in [-0.39, 0.29) is 5.91 Å². The van der Waals surface area contributed by atoms with Gasteiger partial charge in [0.25, 0.3) is 0 Å². The number of carbonyl (C=O) groups is 2. The Morgan fingerprint density at radius 2 is 2.41 bits per heavy atom. The van der Waals surface area contributed by atoms with Crippen LogP contribution in [0.4, 0.5) is 0 Å². The summed E-state index contributed by atoms with van der Waals surface area (Å²) in [6.07, 6.45) is 4.11. The zero-order chi connectivity index (χ0) is 12.4. The van der Waals surface area contributed by atoms with Crippen LogP contribution in [0.25, 0.3) is 0 Å². The molecule has 92 valence electrons. The van der Waals surface area contributed by atoms with Gasteiger partial charge in [0, 0.05) is 26.2 Å². The van der Waals surface area contributed by atoms with E-state index in [9.17, 15) is 9.59 Å². The molecule has 1 N–H and O–H groups in total. The Morgan fingerprint density at radius 1 is 1.65 bits per heavy atom. The third kappa shape index (κ3) is 2.46. The number of amides is 1. The molecule has 1 aromatic heterocycles. The van der Waals surface area contributed by atoms with E-state index in [1.165, 1.54) is 0 Å². The van der Waals surface area contributed by atoms with Crippen molar-refractivity contribution < 1.29 is 14.7 Å². The van der Waals surface area contributed by atoms with Crippen LogP contribution >= 0.6 is 0 Å². The second-order valence-corrected chi connectivity index (χ2v) is 4.34. The first kappa shape index (κ1) is 11.6. The number of aliphatic carboxylic acids is 1. The normalized spacial score (nSPS) is 20.6. The van der Waals surface area contributed by atoms with Crippen LogP contribution in [0.3, 0.4) is 0 Å². The van der Waals surface area contributed by atoms with Gasteiger partial charge in [-0.25, -0.2) is 4.98 Å². The highest BCUT2D eigenvalue weighted by molar-refractivity contribution is 5.80. The van der Waals surface area contributed by atoms with Gasteiger partial charge in [-0.15, -0.1) is 0 Å². The minimum atomic E-state index is -0.826. The lowest BCUT2D eigenvalue weighted by atomic mass is 9.98. The Labute approximate surface area is 98.9 Å². The second-order valence-electron chi connectivity index (χ2n) is 4.34. The minimum Gasteiger partial charge on any atom is -0.481 e. The van der Waals surface area contributed by atoms with Gasteiger partial charge in [-0.2, -0.15) is 0 Å². The van der Waals surface area contributed by atoms with E-state index in [2.05, 4.69) is 4.98 Å². The van der Waals surface area contributed by atoms with Gasteiger partial charge in [0.1, 0.15) is 0 Å². The molecular weight excluding hydrogens is 222 g/mol. The number of hydrogen-bond donors (Lipinski definition) is 1. The van der Waals surface area contributed by atoms with Gasteiger partial charge in [0.2, 0.25) is 5.91 Å². The van der Waals surface area contributed by atoms with E-state index in [1.54, 1.807) is 17.4 Å². The number of aryl methyl sites for hydroxylation is 1. The highest BCUT2D eigenvalue weighted by Crippen LogP contribution is 2.19. The maximum Gasteiger partial charge on any atom is 0.308 e. The van der Waals surface area contributed by atoms with E-state index in [4.69, 9.17) is 5.11 Å². The first-order valence-electron chi connectivity index (χ1n) is 5.53. The fourth-order valence-electron chi connectivity index (χ4n) is 2.00. The maximum atomic E-state index is 11.7. The Balaban J connectivity index is 2.06. The molecule has 1 aliphatic rings. The molecule has 1 aromatic rings. The van der Waals surface area contributed by atoms with Crippen molar-refractivity contribution in [1.82, 2.24) is 14.5 Å². The SMILES string of the molecule is Cn1cncc1CN1CC(C(=O)O)CCC1=O.